The zero-order valence-electron chi connectivity index (χ0n) is 18.7. The van der Waals surface area contributed by atoms with Gasteiger partial charge < -0.3 is 15.6 Å². The maximum Gasteiger partial charge on any atom is 0.416 e. The zero-order valence-corrected chi connectivity index (χ0v) is 18.7. The molecule has 34 heavy (non-hydrogen) atoms. The monoisotopic (exact) mass is 515 g/mol. The molecule has 1 rings (SSSR count). The number of carbonyl (C=O) groups is 2. The Hall–Kier alpha value is -2.51. The molecule has 0 fully saturated rings. The lowest BCUT2D eigenvalue weighted by Crippen LogP contribution is -2.38. The second-order valence-electron chi connectivity index (χ2n) is 7.74. The van der Waals surface area contributed by atoms with Crippen LogP contribution in [0.4, 0.5) is 39.5 Å². The number of carbonyl (C=O) groups excluding carboxylic acids is 1. The molecule has 0 spiro atoms. The largest absolute Gasteiger partial charge is 0.483 e. The first-order valence-electron chi connectivity index (χ1n) is 9.41. The number of benzene rings is 1. The van der Waals surface area contributed by atoms with E-state index in [1.807, 2.05) is 13.8 Å². The van der Waals surface area contributed by atoms with Crippen LogP contribution >= 0.6 is 0 Å². The summed E-state index contributed by atoms with van der Waals surface area (Å²) in [5.41, 5.74) is 1.21. The van der Waals surface area contributed by atoms with Crippen LogP contribution in [0.1, 0.15) is 50.8 Å². The number of rotatable bonds is 6. The molecule has 1 aromatic rings. The van der Waals surface area contributed by atoms with Crippen LogP contribution < -0.4 is 5.73 Å². The highest BCUT2D eigenvalue weighted by molar-refractivity contribution is 5.76. The third-order valence-corrected chi connectivity index (χ3v) is 3.82. The molecule has 3 N–H and O–H groups in total. The molecule has 1 unspecified atom stereocenters. The van der Waals surface area contributed by atoms with E-state index in [-0.39, 0.29) is 31.9 Å². The van der Waals surface area contributed by atoms with Gasteiger partial charge in [-0.2, -0.15) is 39.5 Å². The molecule has 0 heterocycles. The second-order valence-corrected chi connectivity index (χ2v) is 7.74. The molecule has 0 radical (unpaired) electrons. The third kappa shape index (κ3) is 14.6. The van der Waals surface area contributed by atoms with Crippen LogP contribution in [0.15, 0.2) is 18.2 Å². The van der Waals surface area contributed by atoms with Crippen molar-refractivity contribution in [2.75, 3.05) is 6.54 Å². The van der Waals surface area contributed by atoms with Crippen molar-refractivity contribution < 1.29 is 58.9 Å². The molecule has 14 heteroatoms. The van der Waals surface area contributed by atoms with Gasteiger partial charge in [0.05, 0.1) is 16.5 Å². The number of hydrogen-bond donors (Lipinski definition) is 2. The van der Waals surface area contributed by atoms with E-state index in [1.165, 1.54) is 0 Å². The number of carboxylic acid groups (broad SMARTS) is 1. The van der Waals surface area contributed by atoms with Crippen LogP contribution in [-0.2, 0) is 33.3 Å². The average molecular weight is 515 g/mol. The standard InChI is InChI=1S/C17H21F6NO2.C2H3F3.CH2O2/c1-10(2)7-15(3,9-24)14(25)26-8-11-4-12(16(18,19)20)6-13(5-11)17(21,22)23;1-2(3,4)5;2-1-3/h4-6,10H,7-9,24H2,1-3H3;1H3;1H,(H,2,3). The smallest absolute Gasteiger partial charge is 0.416 e. The SMILES string of the molecule is CC(C)CC(C)(CN)C(=O)OCc1cc(C(F)(F)F)cc(C(F)(F)F)c1.CC(F)(F)F.O=CO. The van der Waals surface area contributed by atoms with Crippen molar-refractivity contribution in [2.45, 2.75) is 59.3 Å². The predicted octanol–water partition coefficient (Wildman–Crippen LogP) is 6.05. The van der Waals surface area contributed by atoms with E-state index >= 15 is 0 Å². The van der Waals surface area contributed by atoms with Gasteiger partial charge in [0.15, 0.2) is 0 Å². The first kappa shape index (κ1) is 33.7. The van der Waals surface area contributed by atoms with Gasteiger partial charge in [-0.3, -0.25) is 9.59 Å². The molecule has 0 aliphatic heterocycles. The van der Waals surface area contributed by atoms with Gasteiger partial charge in [0.1, 0.15) is 6.61 Å². The number of hydrogen-bond acceptors (Lipinski definition) is 4. The van der Waals surface area contributed by atoms with E-state index in [4.69, 9.17) is 20.4 Å². The van der Waals surface area contributed by atoms with Gasteiger partial charge >= 0.3 is 24.5 Å². The van der Waals surface area contributed by atoms with Crippen LogP contribution in [-0.4, -0.2) is 30.3 Å². The Bertz CT molecular complexity index is 737. The minimum absolute atomic E-state index is 0.0219. The molecule has 1 atom stereocenters. The Morgan fingerprint density at radius 2 is 1.32 bits per heavy atom. The van der Waals surface area contributed by atoms with Crippen LogP contribution in [0.3, 0.4) is 0 Å². The molecule has 0 saturated heterocycles. The summed E-state index contributed by atoms with van der Waals surface area (Å²) < 4.78 is 113. The molecule has 1 aromatic carbocycles. The summed E-state index contributed by atoms with van der Waals surface area (Å²) in [6.07, 6.45) is -13.5. The van der Waals surface area contributed by atoms with Crippen LogP contribution in [0, 0.1) is 11.3 Å². The van der Waals surface area contributed by atoms with Crippen molar-refractivity contribution in [1.82, 2.24) is 0 Å². The highest BCUT2D eigenvalue weighted by Crippen LogP contribution is 2.36. The maximum atomic E-state index is 12.8. The minimum Gasteiger partial charge on any atom is -0.483 e. The van der Waals surface area contributed by atoms with E-state index in [0.717, 1.165) is 0 Å². The van der Waals surface area contributed by atoms with Crippen molar-refractivity contribution in [3.05, 3.63) is 34.9 Å². The molecule has 0 aromatic heterocycles. The normalized spacial score (nSPS) is 13.6. The van der Waals surface area contributed by atoms with E-state index in [9.17, 15) is 44.3 Å². The highest BCUT2D eigenvalue weighted by Gasteiger charge is 2.38. The van der Waals surface area contributed by atoms with Crippen molar-refractivity contribution >= 4 is 12.4 Å². The van der Waals surface area contributed by atoms with Gasteiger partial charge in [0, 0.05) is 13.5 Å². The Kier molecular flexibility index (Phi) is 13.3. The Labute approximate surface area is 190 Å². The summed E-state index contributed by atoms with van der Waals surface area (Å²) in [7, 11) is 0. The van der Waals surface area contributed by atoms with E-state index in [0.29, 0.717) is 18.6 Å². The second kappa shape index (κ2) is 13.4. The summed E-state index contributed by atoms with van der Waals surface area (Å²) in [6, 6.07) is 1.09. The third-order valence-electron chi connectivity index (χ3n) is 3.82. The molecule has 0 bridgehead atoms. The Morgan fingerprint density at radius 3 is 1.59 bits per heavy atom. The van der Waals surface area contributed by atoms with Crippen molar-refractivity contribution in [1.29, 1.82) is 0 Å². The maximum absolute atomic E-state index is 12.8. The van der Waals surface area contributed by atoms with Gasteiger partial charge in [-0.15, -0.1) is 0 Å². The summed E-state index contributed by atoms with van der Waals surface area (Å²) in [5.74, 6) is -0.666. The predicted molar refractivity (Wildman–Crippen MR) is 103 cm³/mol. The number of esters is 1. The van der Waals surface area contributed by atoms with Crippen LogP contribution in [0.2, 0.25) is 0 Å². The topological polar surface area (TPSA) is 89.6 Å². The first-order valence-corrected chi connectivity index (χ1v) is 9.41. The minimum atomic E-state index is -4.95. The summed E-state index contributed by atoms with van der Waals surface area (Å²) >= 11 is 0. The van der Waals surface area contributed by atoms with E-state index in [1.54, 1.807) is 6.92 Å². The van der Waals surface area contributed by atoms with Crippen molar-refractivity contribution in [3.8, 4) is 0 Å². The zero-order chi connectivity index (χ0) is 27.5. The number of nitrogens with two attached hydrogens (primary N) is 1. The molecular weight excluding hydrogens is 489 g/mol. The molecule has 0 aliphatic carbocycles. The molecule has 0 aliphatic rings. The Morgan fingerprint density at radius 1 is 0.971 bits per heavy atom. The van der Waals surface area contributed by atoms with Crippen molar-refractivity contribution in [2.24, 2.45) is 17.1 Å². The average Bonchev–Trinajstić information content (AvgIpc) is 2.63. The highest BCUT2D eigenvalue weighted by atomic mass is 19.4. The van der Waals surface area contributed by atoms with Gasteiger partial charge in [0.2, 0.25) is 0 Å². The van der Waals surface area contributed by atoms with Gasteiger partial charge in [-0.25, -0.2) is 0 Å². The van der Waals surface area contributed by atoms with E-state index < -0.39 is 53.2 Å². The molecule has 0 saturated carbocycles. The van der Waals surface area contributed by atoms with Crippen LogP contribution in [0.5, 0.6) is 0 Å². The summed E-state index contributed by atoms with van der Waals surface area (Å²) in [6.45, 7) is 4.42. The lowest BCUT2D eigenvalue weighted by Gasteiger charge is -2.27. The van der Waals surface area contributed by atoms with Gasteiger partial charge in [0.25, 0.3) is 6.47 Å². The summed E-state index contributed by atoms with van der Waals surface area (Å²) in [4.78, 5) is 20.6. The fraction of sp³-hybridized carbons (Fsp3) is 0.600. The lowest BCUT2D eigenvalue weighted by atomic mass is 9.82. The molecular formula is C20H26F9NO4. The fourth-order valence-electron chi connectivity index (χ4n) is 2.58. The quantitative estimate of drug-likeness (QED) is 0.274. The molecule has 198 valence electrons. The number of halogens is 9. The van der Waals surface area contributed by atoms with Gasteiger partial charge in [-0.05, 0) is 43.0 Å². The number of ether oxygens (including phenoxy) is 1. The molecule has 0 amide bonds. The van der Waals surface area contributed by atoms with Gasteiger partial charge in [-0.1, -0.05) is 13.8 Å². The molecule has 5 nitrogen and oxygen atoms in total. The number of alkyl halides is 9. The fourth-order valence-corrected chi connectivity index (χ4v) is 2.58. The summed E-state index contributed by atoms with van der Waals surface area (Å²) in [5, 5.41) is 6.89. The van der Waals surface area contributed by atoms with E-state index in [2.05, 4.69) is 0 Å². The van der Waals surface area contributed by atoms with Crippen LogP contribution in [0.25, 0.3) is 0 Å². The lowest BCUT2D eigenvalue weighted by molar-refractivity contribution is -0.156. The first-order chi connectivity index (χ1) is 15.1. The Balaban J connectivity index is 0. The van der Waals surface area contributed by atoms with Crippen molar-refractivity contribution in [3.63, 3.8) is 0 Å².